The van der Waals surface area contributed by atoms with Crippen LogP contribution >= 0.6 is 0 Å². The standard InChI is InChI=1S/C22H34N2O3/c1-26-22-5-3-2-4-21(22)24-10-8-23(9-11-24)14-20(25)16-27-15-19-13-17-6-7-18(19)12-17/h2-5,17-20,25H,6-16H2,1H3. The summed E-state index contributed by atoms with van der Waals surface area (Å²) in [6.07, 6.45) is 5.22. The average molecular weight is 375 g/mol. The third-order valence-corrected chi connectivity index (χ3v) is 6.79. The van der Waals surface area contributed by atoms with Crippen molar-refractivity contribution >= 4 is 5.69 Å². The van der Waals surface area contributed by atoms with E-state index in [1.165, 1.54) is 25.7 Å². The van der Waals surface area contributed by atoms with Crippen molar-refractivity contribution < 1.29 is 14.6 Å². The van der Waals surface area contributed by atoms with Gasteiger partial charge in [0.2, 0.25) is 0 Å². The van der Waals surface area contributed by atoms with Gasteiger partial charge in [0, 0.05) is 39.3 Å². The van der Waals surface area contributed by atoms with Crippen molar-refractivity contribution in [1.29, 1.82) is 0 Å². The molecule has 0 radical (unpaired) electrons. The van der Waals surface area contributed by atoms with Gasteiger partial charge in [-0.2, -0.15) is 0 Å². The molecule has 2 aliphatic carbocycles. The first-order valence-corrected chi connectivity index (χ1v) is 10.6. The smallest absolute Gasteiger partial charge is 0.142 e. The topological polar surface area (TPSA) is 45.2 Å². The van der Waals surface area contributed by atoms with Crippen molar-refractivity contribution in [3.8, 4) is 5.75 Å². The predicted octanol–water partition coefficient (Wildman–Crippen LogP) is 2.63. The zero-order chi connectivity index (χ0) is 18.6. The molecular formula is C22H34N2O3. The fraction of sp³-hybridized carbons (Fsp3) is 0.727. The SMILES string of the molecule is COc1ccccc1N1CCN(CC(O)COCC2CC3CCC2C3)CC1. The second-order valence-corrected chi connectivity index (χ2v) is 8.59. The molecule has 1 N–H and O–H groups in total. The third-order valence-electron chi connectivity index (χ3n) is 6.79. The van der Waals surface area contributed by atoms with Gasteiger partial charge in [-0.3, -0.25) is 4.90 Å². The normalized spacial score (nSPS) is 29.3. The number of anilines is 1. The number of aliphatic hydroxyl groups excluding tert-OH is 1. The molecule has 5 heteroatoms. The number of aliphatic hydroxyl groups is 1. The molecule has 0 spiro atoms. The second kappa shape index (κ2) is 8.80. The number of hydrogen-bond acceptors (Lipinski definition) is 5. The number of piperazine rings is 1. The number of para-hydroxylation sites is 2. The van der Waals surface area contributed by atoms with Crippen molar-refractivity contribution in [3.05, 3.63) is 24.3 Å². The van der Waals surface area contributed by atoms with Crippen LogP contribution in [0.2, 0.25) is 0 Å². The molecule has 0 amide bonds. The quantitative estimate of drug-likeness (QED) is 0.758. The Kier molecular flexibility index (Phi) is 6.21. The van der Waals surface area contributed by atoms with E-state index in [-0.39, 0.29) is 6.10 Å². The Morgan fingerprint density at radius 3 is 2.63 bits per heavy atom. The number of β-amino-alcohol motifs (C(OH)–C–C–N with tert-alkyl or cyclic N) is 1. The zero-order valence-corrected chi connectivity index (χ0v) is 16.6. The summed E-state index contributed by atoms with van der Waals surface area (Å²) in [7, 11) is 1.72. The molecule has 1 aromatic carbocycles. The van der Waals surface area contributed by atoms with Crippen LogP contribution in [0.25, 0.3) is 0 Å². The first-order chi connectivity index (χ1) is 13.2. The van der Waals surface area contributed by atoms with E-state index in [4.69, 9.17) is 9.47 Å². The molecule has 4 atom stereocenters. The minimum atomic E-state index is -0.388. The average Bonchev–Trinajstić information content (AvgIpc) is 3.32. The van der Waals surface area contributed by atoms with Crippen LogP contribution in [0.1, 0.15) is 25.7 Å². The van der Waals surface area contributed by atoms with Crippen molar-refractivity contribution in [2.24, 2.45) is 17.8 Å². The fourth-order valence-corrected chi connectivity index (χ4v) is 5.35. The van der Waals surface area contributed by atoms with Gasteiger partial charge in [0.05, 0.1) is 25.5 Å². The summed E-state index contributed by atoms with van der Waals surface area (Å²) >= 11 is 0. The highest BCUT2D eigenvalue weighted by Gasteiger charge is 2.39. The van der Waals surface area contributed by atoms with Crippen molar-refractivity contribution in [2.75, 3.05) is 57.9 Å². The Balaban J connectivity index is 1.15. The molecule has 1 saturated heterocycles. The van der Waals surface area contributed by atoms with E-state index in [1.807, 2.05) is 12.1 Å². The lowest BCUT2D eigenvalue weighted by atomic mass is 9.90. The van der Waals surface area contributed by atoms with Gasteiger partial charge in [-0.05, 0) is 49.1 Å². The number of hydrogen-bond donors (Lipinski definition) is 1. The maximum atomic E-state index is 10.4. The summed E-state index contributed by atoms with van der Waals surface area (Å²) < 4.78 is 11.4. The Labute approximate surface area is 163 Å². The van der Waals surface area contributed by atoms with Crippen LogP contribution in [0.4, 0.5) is 5.69 Å². The molecule has 4 unspecified atom stereocenters. The van der Waals surface area contributed by atoms with Gasteiger partial charge in [-0.25, -0.2) is 0 Å². The lowest BCUT2D eigenvalue weighted by molar-refractivity contribution is -0.00274. The van der Waals surface area contributed by atoms with Crippen LogP contribution in [0.3, 0.4) is 0 Å². The van der Waals surface area contributed by atoms with E-state index in [2.05, 4.69) is 21.9 Å². The van der Waals surface area contributed by atoms with E-state index >= 15 is 0 Å². The van der Waals surface area contributed by atoms with E-state index in [1.54, 1.807) is 7.11 Å². The Morgan fingerprint density at radius 2 is 1.93 bits per heavy atom. The van der Waals surface area contributed by atoms with Crippen LogP contribution in [-0.4, -0.2) is 69.2 Å². The van der Waals surface area contributed by atoms with E-state index < -0.39 is 0 Å². The molecule has 0 aromatic heterocycles. The van der Waals surface area contributed by atoms with Gasteiger partial charge >= 0.3 is 0 Å². The van der Waals surface area contributed by atoms with Gasteiger partial charge < -0.3 is 19.5 Å². The molecule has 5 nitrogen and oxygen atoms in total. The van der Waals surface area contributed by atoms with Crippen LogP contribution < -0.4 is 9.64 Å². The summed E-state index contributed by atoms with van der Waals surface area (Å²) in [6.45, 7) is 5.86. The second-order valence-electron chi connectivity index (χ2n) is 8.59. The molecular weight excluding hydrogens is 340 g/mol. The molecule has 27 heavy (non-hydrogen) atoms. The molecule has 1 aliphatic heterocycles. The van der Waals surface area contributed by atoms with Gasteiger partial charge in [0.15, 0.2) is 0 Å². The molecule has 3 aliphatic rings. The van der Waals surface area contributed by atoms with Gasteiger partial charge in [0.25, 0.3) is 0 Å². The Hall–Kier alpha value is -1.30. The fourth-order valence-electron chi connectivity index (χ4n) is 5.35. The number of methoxy groups -OCH3 is 1. The van der Waals surface area contributed by atoms with E-state index in [0.717, 1.165) is 62.0 Å². The highest BCUT2D eigenvalue weighted by atomic mass is 16.5. The summed E-state index contributed by atoms with van der Waals surface area (Å²) in [5.41, 5.74) is 1.16. The zero-order valence-electron chi connectivity index (χ0n) is 16.6. The minimum Gasteiger partial charge on any atom is -0.495 e. The number of ether oxygens (including phenoxy) is 2. The molecule has 1 aromatic rings. The molecule has 4 rings (SSSR count). The lowest BCUT2D eigenvalue weighted by Gasteiger charge is -2.37. The summed E-state index contributed by atoms with van der Waals surface area (Å²) in [5.74, 6) is 3.55. The van der Waals surface area contributed by atoms with Crippen molar-refractivity contribution in [1.82, 2.24) is 4.90 Å². The number of benzene rings is 1. The van der Waals surface area contributed by atoms with Crippen LogP contribution in [0, 0.1) is 17.8 Å². The highest BCUT2D eigenvalue weighted by molar-refractivity contribution is 5.58. The van der Waals surface area contributed by atoms with Crippen LogP contribution in [-0.2, 0) is 4.74 Å². The molecule has 2 bridgehead atoms. The summed E-state index contributed by atoms with van der Waals surface area (Å²) in [5, 5.41) is 10.4. The number of nitrogens with zero attached hydrogens (tertiary/aromatic N) is 2. The lowest BCUT2D eigenvalue weighted by Crippen LogP contribution is -2.49. The van der Waals surface area contributed by atoms with E-state index in [0.29, 0.717) is 13.2 Å². The highest BCUT2D eigenvalue weighted by Crippen LogP contribution is 2.48. The molecule has 1 heterocycles. The minimum absolute atomic E-state index is 0.388. The van der Waals surface area contributed by atoms with Gasteiger partial charge in [-0.15, -0.1) is 0 Å². The Morgan fingerprint density at radius 1 is 1.11 bits per heavy atom. The molecule has 2 saturated carbocycles. The number of fused-ring (bicyclic) bond motifs is 2. The maximum Gasteiger partial charge on any atom is 0.142 e. The predicted molar refractivity (Wildman–Crippen MR) is 107 cm³/mol. The first-order valence-electron chi connectivity index (χ1n) is 10.6. The monoisotopic (exact) mass is 374 g/mol. The summed E-state index contributed by atoms with van der Waals surface area (Å²) in [4.78, 5) is 4.71. The van der Waals surface area contributed by atoms with Crippen molar-refractivity contribution in [3.63, 3.8) is 0 Å². The van der Waals surface area contributed by atoms with Gasteiger partial charge in [-0.1, -0.05) is 18.6 Å². The number of rotatable bonds is 8. The molecule has 150 valence electrons. The first kappa shape index (κ1) is 19.0. The largest absolute Gasteiger partial charge is 0.495 e. The van der Waals surface area contributed by atoms with Crippen LogP contribution in [0.5, 0.6) is 5.75 Å². The van der Waals surface area contributed by atoms with Crippen molar-refractivity contribution in [2.45, 2.75) is 31.8 Å². The maximum absolute atomic E-state index is 10.4. The van der Waals surface area contributed by atoms with Crippen LogP contribution in [0.15, 0.2) is 24.3 Å². The van der Waals surface area contributed by atoms with Gasteiger partial charge in [0.1, 0.15) is 5.75 Å². The third kappa shape index (κ3) is 4.58. The molecule has 3 fully saturated rings. The summed E-state index contributed by atoms with van der Waals surface area (Å²) in [6, 6.07) is 8.19. The Bertz CT molecular complexity index is 603. The van der Waals surface area contributed by atoms with E-state index in [9.17, 15) is 5.11 Å².